The summed E-state index contributed by atoms with van der Waals surface area (Å²) in [6, 6.07) is 0.819. The van der Waals surface area contributed by atoms with Gasteiger partial charge in [0.05, 0.1) is 0 Å². The predicted octanol–water partition coefficient (Wildman–Crippen LogP) is 2.84. The molecule has 3 atom stereocenters. The molecule has 0 aromatic rings. The van der Waals surface area contributed by atoms with Gasteiger partial charge in [-0.15, -0.1) is 0 Å². The number of hydrogen-bond acceptors (Lipinski definition) is 2. The Kier molecular flexibility index (Phi) is 3.84. The van der Waals surface area contributed by atoms with Crippen LogP contribution < -0.4 is 0 Å². The Hall–Kier alpha value is -0.0800. The minimum atomic E-state index is 0.349. The second-order valence-electron chi connectivity index (χ2n) is 7.46. The van der Waals surface area contributed by atoms with E-state index in [4.69, 9.17) is 0 Å². The van der Waals surface area contributed by atoms with Crippen molar-refractivity contribution in [3.8, 4) is 0 Å². The normalized spacial score (nSPS) is 37.6. The molecular weight excluding hydrogens is 208 g/mol. The average molecular weight is 238 g/mol. The van der Waals surface area contributed by atoms with Gasteiger partial charge in [0.25, 0.3) is 0 Å². The number of likely N-dealkylation sites (tertiary alicyclic amines) is 2. The van der Waals surface area contributed by atoms with Gasteiger partial charge in [-0.25, -0.2) is 0 Å². The van der Waals surface area contributed by atoms with Crippen molar-refractivity contribution in [2.24, 2.45) is 11.8 Å². The summed E-state index contributed by atoms with van der Waals surface area (Å²) in [4.78, 5) is 5.42. The monoisotopic (exact) mass is 238 g/mol. The molecular formula is C15H30N2. The minimum Gasteiger partial charge on any atom is -0.299 e. The molecule has 2 aliphatic heterocycles. The summed E-state index contributed by atoms with van der Waals surface area (Å²) >= 11 is 0. The van der Waals surface area contributed by atoms with Crippen LogP contribution in [0.15, 0.2) is 0 Å². The van der Waals surface area contributed by atoms with E-state index in [-0.39, 0.29) is 0 Å². The number of piperidine rings is 1. The van der Waals surface area contributed by atoms with Crippen molar-refractivity contribution in [1.82, 2.24) is 9.80 Å². The van der Waals surface area contributed by atoms with Crippen LogP contribution in [0, 0.1) is 11.8 Å². The topological polar surface area (TPSA) is 6.48 Å². The number of hydrogen-bond donors (Lipinski definition) is 0. The first-order valence-electron chi connectivity index (χ1n) is 7.35. The Morgan fingerprint density at radius 3 is 2.00 bits per heavy atom. The molecule has 0 aromatic heterocycles. The van der Waals surface area contributed by atoms with Gasteiger partial charge in [-0.1, -0.05) is 13.8 Å². The molecule has 2 heterocycles. The van der Waals surface area contributed by atoms with E-state index in [1.807, 2.05) is 0 Å². The van der Waals surface area contributed by atoms with E-state index in [0.29, 0.717) is 5.54 Å². The molecule has 2 rings (SSSR count). The average Bonchev–Trinajstić information content (AvgIpc) is 2.63. The summed E-state index contributed by atoms with van der Waals surface area (Å²) in [5.74, 6) is 1.78. The highest BCUT2D eigenvalue weighted by Gasteiger charge is 2.35. The van der Waals surface area contributed by atoms with E-state index in [0.717, 1.165) is 17.9 Å². The van der Waals surface area contributed by atoms with Crippen LogP contribution in [0.5, 0.6) is 0 Å². The zero-order valence-corrected chi connectivity index (χ0v) is 12.4. The molecule has 2 saturated heterocycles. The Morgan fingerprint density at radius 2 is 1.53 bits per heavy atom. The van der Waals surface area contributed by atoms with Crippen LogP contribution >= 0.6 is 0 Å². The summed E-state index contributed by atoms with van der Waals surface area (Å²) in [5.41, 5.74) is 0.349. The van der Waals surface area contributed by atoms with Gasteiger partial charge in [-0.05, 0) is 45.4 Å². The third-order valence-corrected chi connectivity index (χ3v) is 4.53. The molecule has 0 spiro atoms. The maximum atomic E-state index is 2.77. The quantitative estimate of drug-likeness (QED) is 0.693. The molecule has 2 aliphatic rings. The fraction of sp³-hybridized carbons (Fsp3) is 1.00. The van der Waals surface area contributed by atoms with Gasteiger partial charge in [0.15, 0.2) is 0 Å². The molecule has 2 nitrogen and oxygen atoms in total. The Morgan fingerprint density at radius 1 is 0.941 bits per heavy atom. The fourth-order valence-electron chi connectivity index (χ4n) is 3.66. The Labute approximate surface area is 107 Å². The third-order valence-electron chi connectivity index (χ3n) is 4.53. The van der Waals surface area contributed by atoms with Crippen LogP contribution in [0.1, 0.15) is 47.5 Å². The van der Waals surface area contributed by atoms with Gasteiger partial charge >= 0.3 is 0 Å². The summed E-state index contributed by atoms with van der Waals surface area (Å²) < 4.78 is 0. The molecule has 2 fully saturated rings. The van der Waals surface area contributed by atoms with Crippen molar-refractivity contribution in [2.45, 2.75) is 59.0 Å². The lowest BCUT2D eigenvalue weighted by molar-refractivity contribution is 0.0871. The van der Waals surface area contributed by atoms with Crippen molar-refractivity contribution >= 4 is 0 Å². The lowest BCUT2D eigenvalue weighted by atomic mass is 9.91. The first-order valence-corrected chi connectivity index (χ1v) is 7.35. The van der Waals surface area contributed by atoms with E-state index in [2.05, 4.69) is 44.4 Å². The van der Waals surface area contributed by atoms with E-state index in [1.165, 1.54) is 39.0 Å². The largest absolute Gasteiger partial charge is 0.299 e. The van der Waals surface area contributed by atoms with Gasteiger partial charge in [0, 0.05) is 37.8 Å². The minimum absolute atomic E-state index is 0.349. The third kappa shape index (κ3) is 3.23. The molecule has 0 saturated carbocycles. The lowest BCUT2D eigenvalue weighted by Gasteiger charge is -2.39. The maximum Gasteiger partial charge on any atom is 0.0235 e. The highest BCUT2D eigenvalue weighted by atomic mass is 15.3. The maximum absolute atomic E-state index is 2.77. The molecule has 17 heavy (non-hydrogen) atoms. The van der Waals surface area contributed by atoms with Crippen LogP contribution in [0.3, 0.4) is 0 Å². The van der Waals surface area contributed by atoms with E-state index in [9.17, 15) is 0 Å². The van der Waals surface area contributed by atoms with Gasteiger partial charge in [-0.3, -0.25) is 9.80 Å². The Bertz CT molecular complexity index is 246. The highest BCUT2D eigenvalue weighted by Crippen LogP contribution is 2.28. The van der Waals surface area contributed by atoms with Crippen molar-refractivity contribution in [2.75, 3.05) is 26.2 Å². The molecule has 0 radical (unpaired) electrons. The zero-order valence-electron chi connectivity index (χ0n) is 12.4. The van der Waals surface area contributed by atoms with Crippen LogP contribution in [0.4, 0.5) is 0 Å². The first-order chi connectivity index (χ1) is 7.86. The first kappa shape index (κ1) is 13.4. The van der Waals surface area contributed by atoms with Crippen LogP contribution in [0.2, 0.25) is 0 Å². The molecule has 3 unspecified atom stereocenters. The second kappa shape index (κ2) is 4.89. The molecule has 100 valence electrons. The van der Waals surface area contributed by atoms with Gasteiger partial charge < -0.3 is 0 Å². The smallest absolute Gasteiger partial charge is 0.0235 e. The standard InChI is InChI=1S/C15H30N2/c1-12-8-13(2)10-16(9-12)14-6-7-17(11-14)15(3,4)5/h12-14H,6-11H2,1-5H3. The van der Waals surface area contributed by atoms with E-state index >= 15 is 0 Å². The van der Waals surface area contributed by atoms with Crippen LogP contribution in [-0.2, 0) is 0 Å². The van der Waals surface area contributed by atoms with Gasteiger partial charge in [0.2, 0.25) is 0 Å². The summed E-state index contributed by atoms with van der Waals surface area (Å²) in [7, 11) is 0. The molecule has 0 amide bonds. The van der Waals surface area contributed by atoms with Crippen LogP contribution in [0.25, 0.3) is 0 Å². The van der Waals surface area contributed by atoms with E-state index in [1.54, 1.807) is 0 Å². The van der Waals surface area contributed by atoms with E-state index < -0.39 is 0 Å². The zero-order chi connectivity index (χ0) is 12.6. The van der Waals surface area contributed by atoms with Crippen LogP contribution in [-0.4, -0.2) is 47.6 Å². The molecule has 0 bridgehead atoms. The summed E-state index contributed by atoms with van der Waals surface area (Å²) in [6.45, 7) is 17.1. The van der Waals surface area contributed by atoms with Gasteiger partial charge in [0.1, 0.15) is 0 Å². The summed E-state index contributed by atoms with van der Waals surface area (Å²) in [6.07, 6.45) is 2.79. The second-order valence-corrected chi connectivity index (χ2v) is 7.46. The summed E-state index contributed by atoms with van der Waals surface area (Å²) in [5, 5.41) is 0. The molecule has 2 heteroatoms. The molecule has 0 aliphatic carbocycles. The SMILES string of the molecule is CC1CC(C)CN(C2CCN(C(C)(C)C)C2)C1. The number of nitrogens with zero attached hydrogens (tertiary/aromatic N) is 2. The lowest BCUT2D eigenvalue weighted by Crippen LogP contribution is -2.48. The van der Waals surface area contributed by atoms with Crippen molar-refractivity contribution < 1.29 is 0 Å². The van der Waals surface area contributed by atoms with Gasteiger partial charge in [-0.2, -0.15) is 0 Å². The molecule has 0 N–H and O–H groups in total. The Balaban J connectivity index is 1.92. The van der Waals surface area contributed by atoms with Crippen molar-refractivity contribution in [3.63, 3.8) is 0 Å². The number of rotatable bonds is 1. The fourth-order valence-corrected chi connectivity index (χ4v) is 3.66. The molecule has 0 aromatic carbocycles. The van der Waals surface area contributed by atoms with Crippen molar-refractivity contribution in [1.29, 1.82) is 0 Å². The predicted molar refractivity (Wildman–Crippen MR) is 74.2 cm³/mol. The van der Waals surface area contributed by atoms with Crippen molar-refractivity contribution in [3.05, 3.63) is 0 Å². The highest BCUT2D eigenvalue weighted by molar-refractivity contribution is 4.91.